The van der Waals surface area contributed by atoms with Crippen LogP contribution in [-0.2, 0) is 13.6 Å². The van der Waals surface area contributed by atoms with E-state index in [1.54, 1.807) is 28.7 Å². The maximum atomic E-state index is 11.1. The number of aromatic carboxylic acids is 1. The summed E-state index contributed by atoms with van der Waals surface area (Å²) in [4.78, 5) is 11.1. The number of carboxylic acids is 1. The Morgan fingerprint density at radius 2 is 2.18 bits per heavy atom. The van der Waals surface area contributed by atoms with E-state index in [4.69, 9.17) is 9.63 Å². The first kappa shape index (κ1) is 14.1. The van der Waals surface area contributed by atoms with Crippen LogP contribution < -0.4 is 0 Å². The molecule has 3 aromatic heterocycles. The van der Waals surface area contributed by atoms with Gasteiger partial charge in [-0.25, -0.2) is 4.79 Å². The molecule has 0 radical (unpaired) electrons. The average molecular weight is 301 g/mol. The predicted octanol–water partition coefficient (Wildman–Crippen LogP) is 1.63. The maximum Gasteiger partial charge on any atom is 0.358 e. The molecule has 0 amide bonds. The van der Waals surface area contributed by atoms with Crippen LogP contribution in [0.2, 0.25) is 0 Å². The second-order valence-electron chi connectivity index (χ2n) is 5.04. The molecule has 0 aromatic carbocycles. The van der Waals surface area contributed by atoms with Gasteiger partial charge in [0, 0.05) is 24.5 Å². The van der Waals surface area contributed by atoms with Crippen molar-refractivity contribution in [3.8, 4) is 11.3 Å². The van der Waals surface area contributed by atoms with E-state index in [2.05, 4.69) is 15.4 Å². The number of nitrogens with zero attached hydrogens (tertiary/aromatic N) is 5. The van der Waals surface area contributed by atoms with E-state index in [0.717, 1.165) is 17.0 Å². The first-order valence-electron chi connectivity index (χ1n) is 6.68. The molecule has 0 fully saturated rings. The molecular formula is C14H15N5O3. The summed E-state index contributed by atoms with van der Waals surface area (Å²) >= 11 is 0. The molecule has 3 rings (SSSR count). The molecule has 0 aliphatic carbocycles. The van der Waals surface area contributed by atoms with Gasteiger partial charge in [0.15, 0.2) is 5.69 Å². The van der Waals surface area contributed by atoms with Crippen LogP contribution in [0.3, 0.4) is 0 Å². The van der Waals surface area contributed by atoms with Gasteiger partial charge in [-0.3, -0.25) is 9.36 Å². The zero-order valence-corrected chi connectivity index (χ0v) is 12.4. The third-order valence-electron chi connectivity index (χ3n) is 3.66. The predicted molar refractivity (Wildman–Crippen MR) is 76.5 cm³/mol. The molecule has 0 spiro atoms. The second kappa shape index (κ2) is 5.14. The Hall–Kier alpha value is -2.90. The lowest BCUT2D eigenvalue weighted by Gasteiger charge is -2.01. The van der Waals surface area contributed by atoms with Crippen LogP contribution >= 0.6 is 0 Å². The molecule has 1 N–H and O–H groups in total. The van der Waals surface area contributed by atoms with Gasteiger partial charge in [0.1, 0.15) is 5.76 Å². The van der Waals surface area contributed by atoms with E-state index in [-0.39, 0.29) is 12.2 Å². The highest BCUT2D eigenvalue weighted by atomic mass is 16.5. The Balaban J connectivity index is 1.91. The molecule has 114 valence electrons. The monoisotopic (exact) mass is 301 g/mol. The van der Waals surface area contributed by atoms with Crippen LogP contribution in [-0.4, -0.2) is 35.8 Å². The van der Waals surface area contributed by atoms with Crippen molar-refractivity contribution in [2.45, 2.75) is 20.4 Å². The van der Waals surface area contributed by atoms with Crippen molar-refractivity contribution < 1.29 is 14.4 Å². The van der Waals surface area contributed by atoms with Crippen LogP contribution in [0.5, 0.6) is 0 Å². The first-order valence-corrected chi connectivity index (χ1v) is 6.68. The van der Waals surface area contributed by atoms with Gasteiger partial charge in [0.25, 0.3) is 0 Å². The van der Waals surface area contributed by atoms with Gasteiger partial charge in [0.05, 0.1) is 24.0 Å². The van der Waals surface area contributed by atoms with Crippen molar-refractivity contribution in [2.75, 3.05) is 0 Å². The van der Waals surface area contributed by atoms with Gasteiger partial charge < -0.3 is 9.63 Å². The van der Waals surface area contributed by atoms with Gasteiger partial charge in [-0.2, -0.15) is 10.2 Å². The standard InChI is InChI=1S/C14H15N5O3/c1-8-10(6-15-18(8)3)12-4-5-19(16-12)7-11-9(2)22-17-13(11)14(20)21/h4-6H,7H2,1-3H3,(H,20,21). The van der Waals surface area contributed by atoms with E-state index in [1.807, 2.05) is 20.0 Å². The third-order valence-corrected chi connectivity index (χ3v) is 3.66. The number of carbonyl (C=O) groups is 1. The van der Waals surface area contributed by atoms with Crippen molar-refractivity contribution in [3.63, 3.8) is 0 Å². The number of hydrogen-bond donors (Lipinski definition) is 1. The third kappa shape index (κ3) is 2.28. The molecule has 0 aliphatic rings. The normalized spacial score (nSPS) is 11.0. The molecule has 0 aliphatic heterocycles. The van der Waals surface area contributed by atoms with Gasteiger partial charge in [0.2, 0.25) is 0 Å². The number of carboxylic acid groups (broad SMARTS) is 1. The van der Waals surface area contributed by atoms with E-state index < -0.39 is 5.97 Å². The fraction of sp³-hybridized carbons (Fsp3) is 0.286. The van der Waals surface area contributed by atoms with E-state index in [1.165, 1.54) is 0 Å². The highest BCUT2D eigenvalue weighted by Gasteiger charge is 2.20. The highest BCUT2D eigenvalue weighted by molar-refractivity contribution is 5.87. The Morgan fingerprint density at radius 3 is 2.82 bits per heavy atom. The minimum Gasteiger partial charge on any atom is -0.476 e. The van der Waals surface area contributed by atoms with Crippen molar-refractivity contribution in [1.29, 1.82) is 0 Å². The van der Waals surface area contributed by atoms with Crippen molar-refractivity contribution in [1.82, 2.24) is 24.7 Å². The maximum absolute atomic E-state index is 11.1. The highest BCUT2D eigenvalue weighted by Crippen LogP contribution is 2.21. The lowest BCUT2D eigenvalue weighted by molar-refractivity contribution is 0.0684. The summed E-state index contributed by atoms with van der Waals surface area (Å²) in [6.07, 6.45) is 3.55. The first-order chi connectivity index (χ1) is 10.5. The number of aromatic nitrogens is 5. The van der Waals surface area contributed by atoms with Crippen LogP contribution in [0.25, 0.3) is 11.3 Å². The summed E-state index contributed by atoms with van der Waals surface area (Å²) in [6, 6.07) is 1.87. The summed E-state index contributed by atoms with van der Waals surface area (Å²) < 4.78 is 8.40. The molecule has 3 heterocycles. The molecule has 0 saturated carbocycles. The summed E-state index contributed by atoms with van der Waals surface area (Å²) in [5.74, 6) is -0.630. The molecule has 8 nitrogen and oxygen atoms in total. The molecule has 22 heavy (non-hydrogen) atoms. The minimum atomic E-state index is -1.11. The molecule has 0 saturated heterocycles. The smallest absolute Gasteiger partial charge is 0.358 e. The summed E-state index contributed by atoms with van der Waals surface area (Å²) in [5, 5.41) is 21.3. The Labute approximate surface area is 126 Å². The summed E-state index contributed by atoms with van der Waals surface area (Å²) in [5.41, 5.74) is 3.19. The number of hydrogen-bond acceptors (Lipinski definition) is 5. The minimum absolute atomic E-state index is 0.0768. The van der Waals surface area contributed by atoms with E-state index in [0.29, 0.717) is 11.3 Å². The number of aryl methyl sites for hydroxylation is 2. The summed E-state index contributed by atoms with van der Waals surface area (Å²) in [7, 11) is 1.87. The quantitative estimate of drug-likeness (QED) is 0.786. The van der Waals surface area contributed by atoms with Gasteiger partial charge in [-0.05, 0) is 19.9 Å². The van der Waals surface area contributed by atoms with Gasteiger partial charge in [-0.15, -0.1) is 0 Å². The summed E-state index contributed by atoms with van der Waals surface area (Å²) in [6.45, 7) is 3.94. The second-order valence-corrected chi connectivity index (χ2v) is 5.04. The number of rotatable bonds is 4. The van der Waals surface area contributed by atoms with Crippen molar-refractivity contribution in [2.24, 2.45) is 7.05 Å². The molecule has 0 unspecified atom stereocenters. The zero-order valence-electron chi connectivity index (χ0n) is 12.4. The SMILES string of the molecule is Cc1onc(C(=O)O)c1Cn1ccc(-c2cnn(C)c2C)n1. The van der Waals surface area contributed by atoms with Gasteiger partial charge >= 0.3 is 5.97 Å². The lowest BCUT2D eigenvalue weighted by atomic mass is 10.2. The lowest BCUT2D eigenvalue weighted by Crippen LogP contribution is -2.07. The van der Waals surface area contributed by atoms with E-state index in [9.17, 15) is 4.79 Å². The molecule has 8 heteroatoms. The van der Waals surface area contributed by atoms with Crippen LogP contribution in [0.4, 0.5) is 0 Å². The topological polar surface area (TPSA) is 99.0 Å². The average Bonchev–Trinajstić information content (AvgIpc) is 3.14. The molecule has 0 bridgehead atoms. The zero-order chi connectivity index (χ0) is 15.9. The van der Waals surface area contributed by atoms with E-state index >= 15 is 0 Å². The van der Waals surface area contributed by atoms with Crippen LogP contribution in [0.1, 0.15) is 27.5 Å². The molecule has 0 atom stereocenters. The van der Waals surface area contributed by atoms with Crippen molar-refractivity contribution in [3.05, 3.63) is 41.2 Å². The molecular weight excluding hydrogens is 286 g/mol. The fourth-order valence-corrected chi connectivity index (χ4v) is 2.25. The Morgan fingerprint density at radius 1 is 1.41 bits per heavy atom. The molecule has 3 aromatic rings. The fourth-order valence-electron chi connectivity index (χ4n) is 2.25. The largest absolute Gasteiger partial charge is 0.476 e. The van der Waals surface area contributed by atoms with Gasteiger partial charge in [-0.1, -0.05) is 5.16 Å². The van der Waals surface area contributed by atoms with Crippen LogP contribution in [0, 0.1) is 13.8 Å². The Bertz CT molecular complexity index is 843. The Kier molecular flexibility index (Phi) is 3.28. The van der Waals surface area contributed by atoms with Crippen molar-refractivity contribution >= 4 is 5.97 Å². The van der Waals surface area contributed by atoms with Crippen LogP contribution in [0.15, 0.2) is 23.0 Å².